The van der Waals surface area contributed by atoms with Crippen LogP contribution in [0.25, 0.3) is 0 Å². The Kier molecular flexibility index (Phi) is 2.93. The van der Waals surface area contributed by atoms with Crippen molar-refractivity contribution >= 4 is 11.8 Å². The third-order valence-corrected chi connectivity index (χ3v) is 1.41. The van der Waals surface area contributed by atoms with E-state index in [1.807, 2.05) is 0 Å². The van der Waals surface area contributed by atoms with Gasteiger partial charge < -0.3 is 5.11 Å². The third-order valence-electron chi connectivity index (χ3n) is 1.41. The van der Waals surface area contributed by atoms with E-state index in [1.54, 1.807) is 31.2 Å². The highest BCUT2D eigenvalue weighted by molar-refractivity contribution is 5.82. The lowest BCUT2D eigenvalue weighted by atomic mass is 10.2. The van der Waals surface area contributed by atoms with Crippen molar-refractivity contribution in [3.8, 4) is 11.8 Å². The van der Waals surface area contributed by atoms with Crippen molar-refractivity contribution < 1.29 is 9.90 Å². The lowest BCUT2D eigenvalue weighted by Crippen LogP contribution is -2.06. The molecule has 1 aromatic rings. The van der Waals surface area contributed by atoms with Gasteiger partial charge in [-0.15, -0.1) is 5.92 Å². The van der Waals surface area contributed by atoms with Crippen LogP contribution < -0.4 is 5.32 Å². The molecule has 1 rings (SSSR count). The zero-order valence-corrected chi connectivity index (χ0v) is 7.16. The van der Waals surface area contributed by atoms with Crippen molar-refractivity contribution in [2.45, 2.75) is 6.92 Å². The van der Waals surface area contributed by atoms with Gasteiger partial charge in [-0.2, -0.15) is 0 Å². The first-order chi connectivity index (χ1) is 6.22. The second-order valence-corrected chi connectivity index (χ2v) is 2.38. The lowest BCUT2D eigenvalue weighted by molar-refractivity contribution is 0.210. The standard InChI is InChI=1S/C10H9NO2/c1-2-3-8-4-6-9(7-5-8)11-10(12)13/h4-7,11H,1H3,(H,12,13). The molecule has 66 valence electrons. The van der Waals surface area contributed by atoms with Crippen molar-refractivity contribution in [3.63, 3.8) is 0 Å². The van der Waals surface area contributed by atoms with Gasteiger partial charge in [-0.05, 0) is 31.2 Å². The molecule has 0 unspecified atom stereocenters. The molecule has 0 saturated carbocycles. The van der Waals surface area contributed by atoms with Gasteiger partial charge in [-0.25, -0.2) is 4.79 Å². The van der Waals surface area contributed by atoms with Gasteiger partial charge in [0.25, 0.3) is 0 Å². The fourth-order valence-electron chi connectivity index (χ4n) is 0.905. The van der Waals surface area contributed by atoms with Gasteiger partial charge in [0.05, 0.1) is 0 Å². The highest BCUT2D eigenvalue weighted by Gasteiger charge is 1.95. The molecule has 0 heterocycles. The summed E-state index contributed by atoms with van der Waals surface area (Å²) in [7, 11) is 0. The van der Waals surface area contributed by atoms with E-state index in [0.717, 1.165) is 5.56 Å². The molecule has 13 heavy (non-hydrogen) atoms. The highest BCUT2D eigenvalue weighted by Crippen LogP contribution is 2.08. The molecule has 0 saturated heterocycles. The molecule has 0 aliphatic heterocycles. The van der Waals surface area contributed by atoms with Gasteiger partial charge in [0.2, 0.25) is 0 Å². The number of hydrogen-bond donors (Lipinski definition) is 2. The van der Waals surface area contributed by atoms with Crippen LogP contribution >= 0.6 is 0 Å². The topological polar surface area (TPSA) is 49.3 Å². The van der Waals surface area contributed by atoms with E-state index >= 15 is 0 Å². The highest BCUT2D eigenvalue weighted by atomic mass is 16.4. The number of amides is 1. The molecule has 0 spiro atoms. The van der Waals surface area contributed by atoms with Crippen molar-refractivity contribution in [1.82, 2.24) is 0 Å². The molecule has 3 heteroatoms. The Morgan fingerprint density at radius 2 is 2.00 bits per heavy atom. The Morgan fingerprint density at radius 1 is 1.38 bits per heavy atom. The quantitative estimate of drug-likeness (QED) is 0.642. The molecule has 0 aliphatic carbocycles. The van der Waals surface area contributed by atoms with Crippen LogP contribution in [0.3, 0.4) is 0 Å². The van der Waals surface area contributed by atoms with E-state index in [2.05, 4.69) is 17.2 Å². The number of benzene rings is 1. The van der Waals surface area contributed by atoms with Crippen LogP contribution in [0.5, 0.6) is 0 Å². The second kappa shape index (κ2) is 4.17. The monoisotopic (exact) mass is 175 g/mol. The number of nitrogens with one attached hydrogen (secondary N) is 1. The lowest BCUT2D eigenvalue weighted by Gasteiger charge is -1.99. The van der Waals surface area contributed by atoms with Crippen molar-refractivity contribution in [2.75, 3.05) is 5.32 Å². The van der Waals surface area contributed by atoms with Crippen LogP contribution in [0.4, 0.5) is 10.5 Å². The van der Waals surface area contributed by atoms with Gasteiger partial charge in [-0.3, -0.25) is 5.32 Å². The largest absolute Gasteiger partial charge is 0.465 e. The molecule has 1 amide bonds. The molecule has 0 radical (unpaired) electrons. The Hall–Kier alpha value is -1.95. The maximum Gasteiger partial charge on any atom is 0.409 e. The normalized spacial score (nSPS) is 8.38. The summed E-state index contributed by atoms with van der Waals surface area (Å²) in [6.45, 7) is 1.75. The Morgan fingerprint density at radius 3 is 2.46 bits per heavy atom. The summed E-state index contributed by atoms with van der Waals surface area (Å²) in [5.41, 5.74) is 1.42. The molecule has 2 N–H and O–H groups in total. The molecule has 0 bridgehead atoms. The van der Waals surface area contributed by atoms with Crippen LogP contribution in [0.15, 0.2) is 24.3 Å². The average Bonchev–Trinajstić information content (AvgIpc) is 2.08. The minimum atomic E-state index is -1.06. The van der Waals surface area contributed by atoms with Gasteiger partial charge in [0, 0.05) is 11.3 Å². The zero-order chi connectivity index (χ0) is 9.68. The van der Waals surface area contributed by atoms with E-state index in [9.17, 15) is 4.79 Å². The number of carboxylic acid groups (broad SMARTS) is 1. The van der Waals surface area contributed by atoms with Crippen LogP contribution in [0.1, 0.15) is 12.5 Å². The van der Waals surface area contributed by atoms with E-state index < -0.39 is 6.09 Å². The molecule has 1 aromatic carbocycles. The summed E-state index contributed by atoms with van der Waals surface area (Å²) in [5.74, 6) is 5.62. The molecule has 0 aromatic heterocycles. The summed E-state index contributed by atoms with van der Waals surface area (Å²) in [6, 6.07) is 6.88. The average molecular weight is 175 g/mol. The van der Waals surface area contributed by atoms with E-state index in [1.165, 1.54) is 0 Å². The first kappa shape index (κ1) is 9.14. The summed E-state index contributed by atoms with van der Waals surface area (Å²) in [6.07, 6.45) is -1.06. The molecular formula is C10H9NO2. The van der Waals surface area contributed by atoms with Crippen LogP contribution in [0, 0.1) is 11.8 Å². The van der Waals surface area contributed by atoms with Gasteiger partial charge in [-0.1, -0.05) is 5.92 Å². The summed E-state index contributed by atoms with van der Waals surface area (Å²) >= 11 is 0. The predicted molar refractivity (Wildman–Crippen MR) is 50.6 cm³/mol. The van der Waals surface area contributed by atoms with Gasteiger partial charge in [0.1, 0.15) is 0 Å². The minimum absolute atomic E-state index is 0.550. The Balaban J connectivity index is 2.79. The maximum atomic E-state index is 10.2. The minimum Gasteiger partial charge on any atom is -0.465 e. The van der Waals surface area contributed by atoms with Gasteiger partial charge >= 0.3 is 6.09 Å². The number of hydrogen-bond acceptors (Lipinski definition) is 1. The predicted octanol–water partition coefficient (Wildman–Crippen LogP) is 2.15. The summed E-state index contributed by atoms with van der Waals surface area (Å²) in [4.78, 5) is 10.2. The van der Waals surface area contributed by atoms with Crippen LogP contribution in [-0.2, 0) is 0 Å². The SMILES string of the molecule is CC#Cc1ccc(NC(=O)O)cc1. The molecule has 0 atom stereocenters. The number of anilines is 1. The molecule has 0 aliphatic rings. The first-order valence-corrected chi connectivity index (χ1v) is 3.75. The van der Waals surface area contributed by atoms with Crippen molar-refractivity contribution in [2.24, 2.45) is 0 Å². The summed E-state index contributed by atoms with van der Waals surface area (Å²) < 4.78 is 0. The molecule has 3 nitrogen and oxygen atoms in total. The van der Waals surface area contributed by atoms with E-state index in [-0.39, 0.29) is 0 Å². The fourth-order valence-corrected chi connectivity index (χ4v) is 0.905. The third kappa shape index (κ3) is 2.88. The first-order valence-electron chi connectivity index (χ1n) is 3.75. The number of rotatable bonds is 1. The zero-order valence-electron chi connectivity index (χ0n) is 7.16. The smallest absolute Gasteiger partial charge is 0.409 e. The Labute approximate surface area is 76.4 Å². The summed E-state index contributed by atoms with van der Waals surface area (Å²) in [5, 5.41) is 10.6. The van der Waals surface area contributed by atoms with Crippen LogP contribution in [-0.4, -0.2) is 11.2 Å². The second-order valence-electron chi connectivity index (χ2n) is 2.38. The number of carbonyl (C=O) groups is 1. The van der Waals surface area contributed by atoms with Crippen molar-refractivity contribution in [3.05, 3.63) is 29.8 Å². The molecular weight excluding hydrogens is 166 g/mol. The van der Waals surface area contributed by atoms with E-state index in [4.69, 9.17) is 5.11 Å². The van der Waals surface area contributed by atoms with Crippen LogP contribution in [0.2, 0.25) is 0 Å². The van der Waals surface area contributed by atoms with Crippen molar-refractivity contribution in [1.29, 1.82) is 0 Å². The van der Waals surface area contributed by atoms with E-state index in [0.29, 0.717) is 5.69 Å². The molecule has 0 fully saturated rings. The Bertz CT molecular complexity index is 357. The maximum absolute atomic E-state index is 10.2. The fraction of sp³-hybridized carbons (Fsp3) is 0.100. The van der Waals surface area contributed by atoms with Gasteiger partial charge in [0.15, 0.2) is 0 Å².